The van der Waals surface area contributed by atoms with Gasteiger partial charge < -0.3 is 0 Å². The molecule has 1 heteroatoms. The lowest BCUT2D eigenvalue weighted by molar-refractivity contribution is 1.58. The quantitative estimate of drug-likeness (QED) is 0.610. The highest BCUT2D eigenvalue weighted by atomic mass is 79.9. The van der Waals surface area contributed by atoms with Crippen LogP contribution < -0.4 is 0 Å². The van der Waals surface area contributed by atoms with Crippen LogP contribution in [0.15, 0.2) is 35.3 Å². The van der Waals surface area contributed by atoms with Gasteiger partial charge >= 0.3 is 0 Å². The molecule has 0 amide bonds. The SMILES string of the molecule is C=C1C=Cc2cc(Br)ccc21. The van der Waals surface area contributed by atoms with Crippen molar-refractivity contribution in [3.05, 3.63) is 46.5 Å². The summed E-state index contributed by atoms with van der Waals surface area (Å²) in [5.41, 5.74) is 3.60. The van der Waals surface area contributed by atoms with Crippen LogP contribution in [0.25, 0.3) is 11.6 Å². The Labute approximate surface area is 74.4 Å². The Morgan fingerprint density at radius 3 is 2.82 bits per heavy atom. The van der Waals surface area contributed by atoms with Gasteiger partial charge in [-0.3, -0.25) is 0 Å². The number of fused-ring (bicyclic) bond motifs is 1. The van der Waals surface area contributed by atoms with E-state index in [1.807, 2.05) is 12.1 Å². The first-order valence-electron chi connectivity index (χ1n) is 3.44. The molecule has 0 aromatic heterocycles. The molecule has 54 valence electrons. The molecule has 0 saturated heterocycles. The summed E-state index contributed by atoms with van der Waals surface area (Å²) < 4.78 is 1.12. The maximum atomic E-state index is 3.92. The molecule has 2 rings (SSSR count). The zero-order chi connectivity index (χ0) is 7.84. The van der Waals surface area contributed by atoms with E-state index in [9.17, 15) is 0 Å². The van der Waals surface area contributed by atoms with Crippen molar-refractivity contribution in [2.24, 2.45) is 0 Å². The van der Waals surface area contributed by atoms with Crippen LogP contribution in [0.3, 0.4) is 0 Å². The molecular weight excluding hydrogens is 200 g/mol. The second-order valence-electron chi connectivity index (χ2n) is 2.59. The van der Waals surface area contributed by atoms with Crippen molar-refractivity contribution in [2.45, 2.75) is 0 Å². The third kappa shape index (κ3) is 1.05. The first kappa shape index (κ1) is 6.86. The third-order valence-corrected chi connectivity index (χ3v) is 2.32. The van der Waals surface area contributed by atoms with E-state index in [1.165, 1.54) is 11.1 Å². The molecule has 0 unspecified atom stereocenters. The van der Waals surface area contributed by atoms with Crippen molar-refractivity contribution >= 4 is 27.6 Å². The van der Waals surface area contributed by atoms with Crippen LogP contribution in [0.5, 0.6) is 0 Å². The summed E-state index contributed by atoms with van der Waals surface area (Å²) in [6.45, 7) is 3.92. The minimum absolute atomic E-state index is 1.10. The van der Waals surface area contributed by atoms with Crippen molar-refractivity contribution in [1.82, 2.24) is 0 Å². The molecule has 1 aromatic rings. The van der Waals surface area contributed by atoms with Crippen LogP contribution in [-0.4, -0.2) is 0 Å². The lowest BCUT2D eigenvalue weighted by Crippen LogP contribution is -1.78. The van der Waals surface area contributed by atoms with E-state index in [0.29, 0.717) is 0 Å². The van der Waals surface area contributed by atoms with Crippen molar-refractivity contribution in [2.75, 3.05) is 0 Å². The fourth-order valence-electron chi connectivity index (χ4n) is 1.24. The highest BCUT2D eigenvalue weighted by Gasteiger charge is 2.07. The monoisotopic (exact) mass is 206 g/mol. The molecule has 0 atom stereocenters. The predicted molar refractivity (Wildman–Crippen MR) is 52.2 cm³/mol. The molecule has 0 heterocycles. The second-order valence-corrected chi connectivity index (χ2v) is 3.51. The van der Waals surface area contributed by atoms with Gasteiger partial charge in [0.2, 0.25) is 0 Å². The predicted octanol–water partition coefficient (Wildman–Crippen LogP) is 3.49. The maximum Gasteiger partial charge on any atom is 0.0181 e. The summed E-state index contributed by atoms with van der Waals surface area (Å²) in [5, 5.41) is 0. The molecule has 0 aliphatic heterocycles. The number of rotatable bonds is 0. The molecule has 0 spiro atoms. The van der Waals surface area contributed by atoms with Crippen LogP contribution in [-0.2, 0) is 0 Å². The molecule has 11 heavy (non-hydrogen) atoms. The van der Waals surface area contributed by atoms with Gasteiger partial charge in [0.1, 0.15) is 0 Å². The summed E-state index contributed by atoms with van der Waals surface area (Å²) in [4.78, 5) is 0. The van der Waals surface area contributed by atoms with Gasteiger partial charge in [0.05, 0.1) is 0 Å². The summed E-state index contributed by atoms with van der Waals surface area (Å²) >= 11 is 3.42. The van der Waals surface area contributed by atoms with Gasteiger partial charge in [-0.2, -0.15) is 0 Å². The summed E-state index contributed by atoms with van der Waals surface area (Å²) in [5.74, 6) is 0. The first-order valence-corrected chi connectivity index (χ1v) is 4.23. The Morgan fingerprint density at radius 1 is 1.18 bits per heavy atom. The summed E-state index contributed by atoms with van der Waals surface area (Å²) in [7, 11) is 0. The van der Waals surface area contributed by atoms with Crippen LogP contribution in [0.2, 0.25) is 0 Å². The van der Waals surface area contributed by atoms with E-state index in [4.69, 9.17) is 0 Å². The van der Waals surface area contributed by atoms with Crippen LogP contribution in [0, 0.1) is 0 Å². The van der Waals surface area contributed by atoms with Crippen LogP contribution >= 0.6 is 15.9 Å². The lowest BCUT2D eigenvalue weighted by atomic mass is 10.1. The van der Waals surface area contributed by atoms with Gasteiger partial charge in [0, 0.05) is 4.47 Å². The number of benzene rings is 1. The van der Waals surface area contributed by atoms with Gasteiger partial charge in [0.25, 0.3) is 0 Å². The lowest BCUT2D eigenvalue weighted by Gasteiger charge is -1.98. The van der Waals surface area contributed by atoms with Gasteiger partial charge in [-0.1, -0.05) is 40.7 Å². The van der Waals surface area contributed by atoms with Crippen LogP contribution in [0.1, 0.15) is 11.1 Å². The highest BCUT2D eigenvalue weighted by molar-refractivity contribution is 9.10. The summed E-state index contributed by atoms with van der Waals surface area (Å²) in [6.07, 6.45) is 4.12. The smallest absolute Gasteiger partial charge is 0.0181 e. The van der Waals surface area contributed by atoms with Gasteiger partial charge in [0.15, 0.2) is 0 Å². The number of halogens is 1. The fraction of sp³-hybridized carbons (Fsp3) is 0. The standard InChI is InChI=1S/C10H7Br/c1-7-2-3-8-6-9(11)4-5-10(7)8/h2-6H,1H2. The Balaban J connectivity index is 2.66. The topological polar surface area (TPSA) is 0 Å². The van der Waals surface area contributed by atoms with Crippen molar-refractivity contribution in [3.63, 3.8) is 0 Å². The third-order valence-electron chi connectivity index (χ3n) is 1.82. The molecule has 1 aliphatic rings. The fourth-order valence-corrected chi connectivity index (χ4v) is 1.62. The van der Waals surface area contributed by atoms with Crippen molar-refractivity contribution in [1.29, 1.82) is 0 Å². The van der Waals surface area contributed by atoms with Crippen LogP contribution in [0.4, 0.5) is 0 Å². The number of hydrogen-bond acceptors (Lipinski definition) is 0. The normalized spacial score (nSPS) is 13.7. The van der Waals surface area contributed by atoms with E-state index in [2.05, 4.69) is 40.7 Å². The molecule has 0 radical (unpaired) electrons. The van der Waals surface area contributed by atoms with E-state index in [-0.39, 0.29) is 0 Å². The van der Waals surface area contributed by atoms with Crippen molar-refractivity contribution in [3.8, 4) is 0 Å². The van der Waals surface area contributed by atoms with Gasteiger partial charge in [-0.25, -0.2) is 0 Å². The van der Waals surface area contributed by atoms with Gasteiger partial charge in [-0.05, 0) is 28.8 Å². The molecule has 0 N–H and O–H groups in total. The minimum atomic E-state index is 1.10. The zero-order valence-corrected chi connectivity index (χ0v) is 7.56. The minimum Gasteiger partial charge on any atom is -0.0911 e. The second kappa shape index (κ2) is 2.35. The molecular formula is C10H7Br. The average Bonchev–Trinajstić information content (AvgIpc) is 2.32. The molecule has 0 nitrogen and oxygen atoms in total. The Bertz CT molecular complexity index is 348. The molecule has 0 saturated carbocycles. The number of allylic oxidation sites excluding steroid dienone is 2. The molecule has 0 fully saturated rings. The van der Waals surface area contributed by atoms with Crippen molar-refractivity contribution < 1.29 is 0 Å². The van der Waals surface area contributed by atoms with E-state index >= 15 is 0 Å². The largest absolute Gasteiger partial charge is 0.0911 e. The Morgan fingerprint density at radius 2 is 2.00 bits per heavy atom. The number of hydrogen-bond donors (Lipinski definition) is 0. The van der Waals surface area contributed by atoms with E-state index in [1.54, 1.807) is 0 Å². The Hall–Kier alpha value is -0.820. The van der Waals surface area contributed by atoms with Gasteiger partial charge in [-0.15, -0.1) is 0 Å². The average molecular weight is 207 g/mol. The summed E-state index contributed by atoms with van der Waals surface area (Å²) in [6, 6.07) is 6.22. The first-order chi connectivity index (χ1) is 5.27. The molecule has 0 bridgehead atoms. The van der Waals surface area contributed by atoms with E-state index in [0.717, 1.165) is 10.0 Å². The molecule has 1 aliphatic carbocycles. The molecule has 1 aromatic carbocycles. The zero-order valence-electron chi connectivity index (χ0n) is 5.97. The maximum absolute atomic E-state index is 3.92. The Kier molecular flexibility index (Phi) is 1.46. The van der Waals surface area contributed by atoms with E-state index < -0.39 is 0 Å². The highest BCUT2D eigenvalue weighted by Crippen LogP contribution is 2.29.